The number of amides is 1. The second kappa shape index (κ2) is 9.47. The minimum Gasteiger partial charge on any atom is -0.497 e. The van der Waals surface area contributed by atoms with Crippen molar-refractivity contribution in [2.45, 2.75) is 30.4 Å². The Balaban J connectivity index is 2.05. The van der Waals surface area contributed by atoms with Crippen molar-refractivity contribution >= 4 is 39.2 Å². The molecule has 1 amide bonds. The molecule has 32 heavy (non-hydrogen) atoms. The van der Waals surface area contributed by atoms with Crippen LogP contribution in [0.2, 0.25) is 10.0 Å². The number of likely N-dealkylation sites (tertiary alicyclic amines) is 1. The number of carbonyl (C=O) groups excluding carboxylic acids is 1. The number of benzene rings is 2. The standard InChI is InChI=1S/C22H25Cl2NO6S/c1-4-20(32(27,28)29)22(14-5-8-17(23)18(24)11-14)9-10-25(13-22)21(26)16-7-6-15(30-2)12-19(16)31-3/h5-8,11-12,20H,4,9-10,13H2,1-3H3,(H,27,28,29). The maximum atomic E-state index is 13.4. The summed E-state index contributed by atoms with van der Waals surface area (Å²) in [7, 11) is -1.44. The zero-order valence-electron chi connectivity index (χ0n) is 18.0. The first-order chi connectivity index (χ1) is 15.1. The summed E-state index contributed by atoms with van der Waals surface area (Å²) in [6, 6.07) is 9.78. The van der Waals surface area contributed by atoms with Gasteiger partial charge in [-0.25, -0.2) is 0 Å². The highest BCUT2D eigenvalue weighted by Gasteiger charge is 2.51. The SMILES string of the molecule is CCC(C1(c2ccc(Cl)c(Cl)c2)CCN(C(=O)c2ccc(OC)cc2OC)C1)S(=O)(=O)O. The number of nitrogens with zero attached hydrogens (tertiary/aromatic N) is 1. The third kappa shape index (κ3) is 4.55. The zero-order chi connectivity index (χ0) is 23.7. The van der Waals surface area contributed by atoms with Gasteiger partial charge in [0.1, 0.15) is 11.5 Å². The van der Waals surface area contributed by atoms with Gasteiger partial charge < -0.3 is 14.4 Å². The Kier molecular flexibility index (Phi) is 7.29. The highest BCUT2D eigenvalue weighted by atomic mass is 35.5. The Morgan fingerprint density at radius 2 is 1.88 bits per heavy atom. The van der Waals surface area contributed by atoms with E-state index < -0.39 is 20.8 Å². The molecule has 10 heteroatoms. The molecule has 0 aliphatic carbocycles. The van der Waals surface area contributed by atoms with Gasteiger partial charge in [-0.2, -0.15) is 8.42 Å². The first-order valence-corrected chi connectivity index (χ1v) is 12.3. The van der Waals surface area contributed by atoms with E-state index in [0.29, 0.717) is 40.6 Å². The number of carbonyl (C=O) groups is 1. The fourth-order valence-electron chi connectivity index (χ4n) is 4.53. The largest absolute Gasteiger partial charge is 0.497 e. The number of halogens is 2. The molecule has 1 fully saturated rings. The van der Waals surface area contributed by atoms with Gasteiger partial charge in [0.2, 0.25) is 0 Å². The Morgan fingerprint density at radius 1 is 1.16 bits per heavy atom. The van der Waals surface area contributed by atoms with Crippen LogP contribution in [0.5, 0.6) is 11.5 Å². The molecule has 1 heterocycles. The van der Waals surface area contributed by atoms with Gasteiger partial charge in [0.05, 0.1) is 35.1 Å². The fourth-order valence-corrected chi connectivity index (χ4v) is 6.15. The van der Waals surface area contributed by atoms with Crippen LogP contribution >= 0.6 is 23.2 Å². The van der Waals surface area contributed by atoms with E-state index in [1.807, 2.05) is 0 Å². The molecule has 0 radical (unpaired) electrons. The topological polar surface area (TPSA) is 93.1 Å². The maximum Gasteiger partial charge on any atom is 0.268 e. The predicted molar refractivity (Wildman–Crippen MR) is 124 cm³/mol. The second-order valence-electron chi connectivity index (χ2n) is 7.74. The molecule has 2 unspecified atom stereocenters. The van der Waals surface area contributed by atoms with E-state index in [2.05, 4.69) is 0 Å². The summed E-state index contributed by atoms with van der Waals surface area (Å²) in [6.07, 6.45) is 0.487. The van der Waals surface area contributed by atoms with Crippen molar-refractivity contribution in [1.82, 2.24) is 4.90 Å². The number of hydrogen-bond acceptors (Lipinski definition) is 5. The van der Waals surface area contributed by atoms with Crippen LogP contribution in [0.1, 0.15) is 35.7 Å². The average Bonchev–Trinajstić information content (AvgIpc) is 3.20. The Bertz CT molecular complexity index is 1120. The fraction of sp³-hybridized carbons (Fsp3) is 0.409. The summed E-state index contributed by atoms with van der Waals surface area (Å²) in [5.74, 6) is 0.585. The number of methoxy groups -OCH3 is 2. The van der Waals surface area contributed by atoms with Gasteiger partial charge in [0, 0.05) is 24.6 Å². The molecule has 7 nitrogen and oxygen atoms in total. The van der Waals surface area contributed by atoms with Gasteiger partial charge in [-0.15, -0.1) is 0 Å². The molecule has 2 aromatic rings. The molecular weight excluding hydrogens is 477 g/mol. The van der Waals surface area contributed by atoms with Crippen molar-refractivity contribution in [3.63, 3.8) is 0 Å². The molecule has 1 aliphatic rings. The zero-order valence-corrected chi connectivity index (χ0v) is 20.3. The summed E-state index contributed by atoms with van der Waals surface area (Å²) < 4.78 is 45.3. The summed E-state index contributed by atoms with van der Waals surface area (Å²) in [5.41, 5.74) is -0.113. The lowest BCUT2D eigenvalue weighted by atomic mass is 9.75. The van der Waals surface area contributed by atoms with Crippen molar-refractivity contribution in [1.29, 1.82) is 0 Å². The summed E-state index contributed by atoms with van der Waals surface area (Å²) >= 11 is 12.3. The first kappa shape index (κ1) is 24.6. The average molecular weight is 502 g/mol. The highest BCUT2D eigenvalue weighted by Crippen LogP contribution is 2.44. The number of ether oxygens (including phenoxy) is 2. The van der Waals surface area contributed by atoms with E-state index in [4.69, 9.17) is 32.7 Å². The predicted octanol–water partition coefficient (Wildman–Crippen LogP) is 4.46. The van der Waals surface area contributed by atoms with Gasteiger partial charge in [0.25, 0.3) is 16.0 Å². The third-order valence-electron chi connectivity index (χ3n) is 6.07. The van der Waals surface area contributed by atoms with Crippen LogP contribution in [-0.2, 0) is 15.5 Å². The van der Waals surface area contributed by atoms with E-state index in [9.17, 15) is 17.8 Å². The quantitative estimate of drug-likeness (QED) is 0.562. The van der Waals surface area contributed by atoms with E-state index in [1.54, 1.807) is 48.2 Å². The van der Waals surface area contributed by atoms with Crippen LogP contribution in [0.4, 0.5) is 0 Å². The lowest BCUT2D eigenvalue weighted by Gasteiger charge is -2.36. The van der Waals surface area contributed by atoms with Gasteiger partial charge >= 0.3 is 0 Å². The lowest BCUT2D eigenvalue weighted by Crippen LogP contribution is -2.47. The molecule has 0 spiro atoms. The van der Waals surface area contributed by atoms with E-state index in [1.165, 1.54) is 14.2 Å². The molecule has 0 bridgehead atoms. The molecule has 2 atom stereocenters. The maximum absolute atomic E-state index is 13.4. The molecular formula is C22H25Cl2NO6S. The second-order valence-corrected chi connectivity index (χ2v) is 10.2. The van der Waals surface area contributed by atoms with Gasteiger partial charge in [-0.3, -0.25) is 9.35 Å². The van der Waals surface area contributed by atoms with Crippen LogP contribution in [0.3, 0.4) is 0 Å². The molecule has 0 saturated carbocycles. The highest BCUT2D eigenvalue weighted by molar-refractivity contribution is 7.86. The molecule has 1 saturated heterocycles. The number of hydrogen-bond donors (Lipinski definition) is 1. The molecule has 3 rings (SSSR count). The van der Waals surface area contributed by atoms with Gasteiger partial charge in [-0.05, 0) is 42.7 Å². The van der Waals surface area contributed by atoms with Crippen LogP contribution in [0.25, 0.3) is 0 Å². The molecule has 2 aromatic carbocycles. The van der Waals surface area contributed by atoms with Crippen molar-refractivity contribution in [2.24, 2.45) is 0 Å². The molecule has 174 valence electrons. The van der Waals surface area contributed by atoms with Gasteiger partial charge in [-0.1, -0.05) is 36.2 Å². The molecule has 1 N–H and O–H groups in total. The van der Waals surface area contributed by atoms with Gasteiger partial charge in [0.15, 0.2) is 0 Å². The van der Waals surface area contributed by atoms with Crippen LogP contribution in [-0.4, -0.2) is 56.3 Å². The minimum atomic E-state index is -4.42. The van der Waals surface area contributed by atoms with Crippen molar-refractivity contribution in [2.75, 3.05) is 27.3 Å². The Hall–Kier alpha value is -2.00. The van der Waals surface area contributed by atoms with Crippen molar-refractivity contribution in [3.8, 4) is 11.5 Å². The van der Waals surface area contributed by atoms with Crippen LogP contribution in [0, 0.1) is 0 Å². The lowest BCUT2D eigenvalue weighted by molar-refractivity contribution is 0.0778. The summed E-state index contributed by atoms with van der Waals surface area (Å²) in [4.78, 5) is 14.9. The minimum absolute atomic E-state index is 0.0806. The van der Waals surface area contributed by atoms with Crippen LogP contribution < -0.4 is 9.47 Å². The number of rotatable bonds is 7. The molecule has 0 aromatic heterocycles. The normalized spacial score (nSPS) is 19.6. The summed E-state index contributed by atoms with van der Waals surface area (Å²) in [5, 5.41) is -0.516. The first-order valence-electron chi connectivity index (χ1n) is 10.0. The summed E-state index contributed by atoms with van der Waals surface area (Å²) in [6.45, 7) is 2.06. The smallest absolute Gasteiger partial charge is 0.268 e. The monoisotopic (exact) mass is 501 g/mol. The van der Waals surface area contributed by atoms with Crippen molar-refractivity contribution < 1.29 is 27.2 Å². The van der Waals surface area contributed by atoms with E-state index in [0.717, 1.165) is 0 Å². The third-order valence-corrected chi connectivity index (χ3v) is 8.31. The van der Waals surface area contributed by atoms with Crippen LogP contribution in [0.15, 0.2) is 36.4 Å². The molecule has 1 aliphatic heterocycles. The van der Waals surface area contributed by atoms with E-state index >= 15 is 0 Å². The Labute approximate surface area is 198 Å². The van der Waals surface area contributed by atoms with E-state index in [-0.39, 0.29) is 23.9 Å². The Morgan fingerprint density at radius 3 is 2.44 bits per heavy atom. The van der Waals surface area contributed by atoms with Crippen molar-refractivity contribution in [3.05, 3.63) is 57.6 Å².